The number of H-pyrrole nitrogens is 1. The van der Waals surface area contributed by atoms with Crippen molar-refractivity contribution in [2.75, 3.05) is 6.61 Å². The zero-order valence-electron chi connectivity index (χ0n) is 6.16. The molecule has 1 aromatic heterocycles. The van der Waals surface area contributed by atoms with Crippen LogP contribution < -0.4 is 0 Å². The SMILES string of the molecule is C(OCC1CC1)c1nn[nH]n1. The van der Waals surface area contributed by atoms with Crippen molar-refractivity contribution in [2.24, 2.45) is 5.92 Å². The van der Waals surface area contributed by atoms with Gasteiger partial charge in [-0.1, -0.05) is 5.21 Å². The lowest BCUT2D eigenvalue weighted by Crippen LogP contribution is -1.98. The number of nitrogens with one attached hydrogen (secondary N) is 1. The van der Waals surface area contributed by atoms with Gasteiger partial charge in [0.2, 0.25) is 0 Å². The average Bonchev–Trinajstić information content (AvgIpc) is 2.66. The summed E-state index contributed by atoms with van der Waals surface area (Å²) in [4.78, 5) is 0. The van der Waals surface area contributed by atoms with Gasteiger partial charge in [0, 0.05) is 6.61 Å². The second kappa shape index (κ2) is 2.96. The molecule has 1 saturated carbocycles. The summed E-state index contributed by atoms with van der Waals surface area (Å²) in [5, 5.41) is 13.3. The van der Waals surface area contributed by atoms with Gasteiger partial charge in [0.25, 0.3) is 0 Å². The lowest BCUT2D eigenvalue weighted by molar-refractivity contribution is 0.106. The lowest BCUT2D eigenvalue weighted by atomic mass is 10.5. The highest BCUT2D eigenvalue weighted by atomic mass is 16.5. The van der Waals surface area contributed by atoms with Crippen LogP contribution in [-0.2, 0) is 11.3 Å². The standard InChI is InChI=1S/C6H10N4O/c1-2-5(1)3-11-4-6-7-9-10-8-6/h5H,1-4H2,(H,7,8,9,10). The molecule has 1 aliphatic rings. The Kier molecular flexibility index (Phi) is 1.81. The minimum atomic E-state index is 0.479. The first-order chi connectivity index (χ1) is 5.45. The molecular formula is C6H10N4O. The van der Waals surface area contributed by atoms with E-state index in [9.17, 15) is 0 Å². The van der Waals surface area contributed by atoms with Gasteiger partial charge in [0.1, 0.15) is 6.61 Å². The molecule has 2 rings (SSSR count). The maximum Gasteiger partial charge on any atom is 0.200 e. The molecule has 1 aromatic rings. The summed E-state index contributed by atoms with van der Waals surface area (Å²) < 4.78 is 5.32. The van der Waals surface area contributed by atoms with Crippen molar-refractivity contribution in [1.29, 1.82) is 0 Å². The fraction of sp³-hybridized carbons (Fsp3) is 0.833. The van der Waals surface area contributed by atoms with Gasteiger partial charge < -0.3 is 4.74 Å². The molecule has 0 saturated heterocycles. The predicted octanol–water partition coefficient (Wildman–Crippen LogP) is 0.126. The number of rotatable bonds is 4. The summed E-state index contributed by atoms with van der Waals surface area (Å²) in [6.45, 7) is 1.32. The minimum absolute atomic E-state index is 0.479. The van der Waals surface area contributed by atoms with Gasteiger partial charge in [-0.15, -0.1) is 10.2 Å². The van der Waals surface area contributed by atoms with E-state index in [2.05, 4.69) is 20.6 Å². The smallest absolute Gasteiger partial charge is 0.200 e. The first-order valence-electron chi connectivity index (χ1n) is 3.75. The number of aromatic amines is 1. The van der Waals surface area contributed by atoms with Crippen LogP contribution in [0.1, 0.15) is 18.7 Å². The Morgan fingerprint density at radius 2 is 2.45 bits per heavy atom. The molecular weight excluding hydrogens is 144 g/mol. The second-order valence-corrected chi connectivity index (χ2v) is 2.79. The summed E-state index contributed by atoms with van der Waals surface area (Å²) in [5.41, 5.74) is 0. The van der Waals surface area contributed by atoms with Gasteiger partial charge in [0.15, 0.2) is 5.82 Å². The van der Waals surface area contributed by atoms with E-state index in [1.807, 2.05) is 0 Å². The van der Waals surface area contributed by atoms with Crippen LogP contribution in [0.2, 0.25) is 0 Å². The first-order valence-corrected chi connectivity index (χ1v) is 3.75. The van der Waals surface area contributed by atoms with Crippen molar-refractivity contribution in [3.63, 3.8) is 0 Å². The fourth-order valence-electron chi connectivity index (χ4n) is 0.845. The molecule has 60 valence electrons. The van der Waals surface area contributed by atoms with E-state index < -0.39 is 0 Å². The van der Waals surface area contributed by atoms with Gasteiger partial charge in [-0.25, -0.2) is 0 Å². The minimum Gasteiger partial charge on any atom is -0.373 e. The number of tetrazole rings is 1. The molecule has 5 nitrogen and oxygen atoms in total. The lowest BCUT2D eigenvalue weighted by Gasteiger charge is -1.96. The van der Waals surface area contributed by atoms with Crippen LogP contribution in [0.15, 0.2) is 0 Å². The normalized spacial score (nSPS) is 17.1. The predicted molar refractivity (Wildman–Crippen MR) is 36.6 cm³/mol. The summed E-state index contributed by atoms with van der Waals surface area (Å²) >= 11 is 0. The Labute approximate surface area is 64.1 Å². The van der Waals surface area contributed by atoms with E-state index in [-0.39, 0.29) is 0 Å². The van der Waals surface area contributed by atoms with Crippen LogP contribution in [0.4, 0.5) is 0 Å². The van der Waals surface area contributed by atoms with Crippen molar-refractivity contribution < 1.29 is 4.74 Å². The van der Waals surface area contributed by atoms with Crippen molar-refractivity contribution in [3.05, 3.63) is 5.82 Å². The monoisotopic (exact) mass is 154 g/mol. The highest BCUT2D eigenvalue weighted by Gasteiger charge is 2.21. The third-order valence-corrected chi connectivity index (χ3v) is 1.67. The Morgan fingerprint density at radius 3 is 3.09 bits per heavy atom. The van der Waals surface area contributed by atoms with Crippen LogP contribution in [0.5, 0.6) is 0 Å². The molecule has 1 N–H and O–H groups in total. The largest absolute Gasteiger partial charge is 0.373 e. The summed E-state index contributed by atoms with van der Waals surface area (Å²) in [7, 11) is 0. The number of ether oxygens (including phenoxy) is 1. The fourth-order valence-corrected chi connectivity index (χ4v) is 0.845. The molecule has 0 aliphatic heterocycles. The molecule has 1 aliphatic carbocycles. The molecule has 1 fully saturated rings. The van der Waals surface area contributed by atoms with E-state index in [1.54, 1.807) is 0 Å². The number of hydrogen-bond donors (Lipinski definition) is 1. The zero-order chi connectivity index (χ0) is 7.52. The maximum atomic E-state index is 5.32. The third kappa shape index (κ3) is 1.98. The van der Waals surface area contributed by atoms with Gasteiger partial charge in [0.05, 0.1) is 0 Å². The quantitative estimate of drug-likeness (QED) is 0.669. The average molecular weight is 154 g/mol. The number of aromatic nitrogens is 4. The van der Waals surface area contributed by atoms with Gasteiger partial charge >= 0.3 is 0 Å². The Bertz CT molecular complexity index is 206. The molecule has 5 heteroatoms. The molecule has 0 bridgehead atoms. The number of nitrogens with zero attached hydrogens (tertiary/aromatic N) is 3. The van der Waals surface area contributed by atoms with E-state index in [0.29, 0.717) is 12.4 Å². The topological polar surface area (TPSA) is 63.7 Å². The highest BCUT2D eigenvalue weighted by molar-refractivity contribution is 4.74. The molecule has 0 unspecified atom stereocenters. The van der Waals surface area contributed by atoms with Gasteiger partial charge in [-0.3, -0.25) is 0 Å². The Balaban J connectivity index is 1.66. The maximum absolute atomic E-state index is 5.32. The van der Waals surface area contributed by atoms with Crippen molar-refractivity contribution in [2.45, 2.75) is 19.4 Å². The van der Waals surface area contributed by atoms with Crippen molar-refractivity contribution >= 4 is 0 Å². The Morgan fingerprint density at radius 1 is 1.55 bits per heavy atom. The summed E-state index contributed by atoms with van der Waals surface area (Å²) in [6.07, 6.45) is 2.62. The van der Waals surface area contributed by atoms with E-state index in [0.717, 1.165) is 12.5 Å². The summed E-state index contributed by atoms with van der Waals surface area (Å²) in [5.74, 6) is 1.42. The molecule has 0 atom stereocenters. The zero-order valence-corrected chi connectivity index (χ0v) is 6.16. The molecule has 0 amide bonds. The van der Waals surface area contributed by atoms with Gasteiger partial charge in [-0.05, 0) is 18.8 Å². The molecule has 0 radical (unpaired) electrons. The van der Waals surface area contributed by atoms with Crippen LogP contribution in [0.3, 0.4) is 0 Å². The van der Waals surface area contributed by atoms with Crippen LogP contribution in [-0.4, -0.2) is 27.2 Å². The summed E-state index contributed by atoms with van der Waals surface area (Å²) in [6, 6.07) is 0. The first kappa shape index (κ1) is 6.72. The van der Waals surface area contributed by atoms with Crippen LogP contribution in [0.25, 0.3) is 0 Å². The Hall–Kier alpha value is -0.970. The van der Waals surface area contributed by atoms with E-state index in [1.165, 1.54) is 12.8 Å². The third-order valence-electron chi connectivity index (χ3n) is 1.67. The highest BCUT2D eigenvalue weighted by Crippen LogP contribution is 2.28. The molecule has 1 heterocycles. The molecule has 0 spiro atoms. The molecule has 0 aromatic carbocycles. The van der Waals surface area contributed by atoms with Crippen LogP contribution in [0, 0.1) is 5.92 Å². The van der Waals surface area contributed by atoms with E-state index >= 15 is 0 Å². The van der Waals surface area contributed by atoms with Crippen LogP contribution >= 0.6 is 0 Å². The van der Waals surface area contributed by atoms with E-state index in [4.69, 9.17) is 4.74 Å². The van der Waals surface area contributed by atoms with Gasteiger partial charge in [-0.2, -0.15) is 5.21 Å². The number of hydrogen-bond acceptors (Lipinski definition) is 4. The van der Waals surface area contributed by atoms with Crippen molar-refractivity contribution in [1.82, 2.24) is 20.6 Å². The second-order valence-electron chi connectivity index (χ2n) is 2.79. The van der Waals surface area contributed by atoms with Crippen molar-refractivity contribution in [3.8, 4) is 0 Å². The molecule has 11 heavy (non-hydrogen) atoms.